The van der Waals surface area contributed by atoms with Crippen LogP contribution in [0.15, 0.2) is 36.4 Å². The smallest absolute Gasteiger partial charge is 0.258 e. The van der Waals surface area contributed by atoms with Crippen molar-refractivity contribution in [1.29, 1.82) is 0 Å². The molecule has 0 saturated carbocycles. The number of anilines is 1. The second kappa shape index (κ2) is 5.14. The summed E-state index contributed by atoms with van der Waals surface area (Å²) < 4.78 is 40.0. The molecule has 0 saturated heterocycles. The van der Waals surface area contributed by atoms with Gasteiger partial charge in [0.05, 0.1) is 11.3 Å². The Kier molecular flexibility index (Phi) is 3.55. The maximum atomic E-state index is 13.7. The van der Waals surface area contributed by atoms with Gasteiger partial charge in [0.15, 0.2) is 0 Å². The van der Waals surface area contributed by atoms with Crippen LogP contribution in [0.3, 0.4) is 0 Å². The highest BCUT2D eigenvalue weighted by molar-refractivity contribution is 6.04. The molecular formula is C14H10F3NO. The van der Waals surface area contributed by atoms with Crippen LogP contribution >= 0.6 is 0 Å². The van der Waals surface area contributed by atoms with Gasteiger partial charge in [-0.15, -0.1) is 0 Å². The van der Waals surface area contributed by atoms with E-state index in [0.29, 0.717) is 5.56 Å². The molecule has 0 unspecified atom stereocenters. The zero-order chi connectivity index (χ0) is 14.0. The third kappa shape index (κ3) is 2.76. The van der Waals surface area contributed by atoms with Gasteiger partial charge < -0.3 is 5.32 Å². The number of aryl methyl sites for hydroxylation is 1. The number of hydrogen-bond donors (Lipinski definition) is 1. The largest absolute Gasteiger partial charge is 0.319 e. The van der Waals surface area contributed by atoms with Gasteiger partial charge in [-0.1, -0.05) is 12.1 Å². The summed E-state index contributed by atoms with van der Waals surface area (Å²) in [7, 11) is 0. The molecule has 2 nitrogen and oxygen atoms in total. The normalized spacial score (nSPS) is 10.3. The number of benzene rings is 2. The van der Waals surface area contributed by atoms with Crippen LogP contribution in [-0.4, -0.2) is 5.91 Å². The van der Waals surface area contributed by atoms with Crippen molar-refractivity contribution in [3.8, 4) is 0 Å². The Morgan fingerprint density at radius 3 is 2.58 bits per heavy atom. The maximum Gasteiger partial charge on any atom is 0.258 e. The number of halogens is 3. The monoisotopic (exact) mass is 265 g/mol. The predicted molar refractivity (Wildman–Crippen MR) is 65.4 cm³/mol. The van der Waals surface area contributed by atoms with E-state index >= 15 is 0 Å². The molecule has 0 spiro atoms. The van der Waals surface area contributed by atoms with Crippen LogP contribution in [-0.2, 0) is 0 Å². The van der Waals surface area contributed by atoms with E-state index in [4.69, 9.17) is 0 Å². The number of carbonyl (C=O) groups is 1. The van der Waals surface area contributed by atoms with Gasteiger partial charge in [0.2, 0.25) is 0 Å². The lowest BCUT2D eigenvalue weighted by atomic mass is 10.1. The molecule has 0 aromatic heterocycles. The minimum atomic E-state index is -0.901. The Balaban J connectivity index is 2.31. The topological polar surface area (TPSA) is 29.1 Å². The van der Waals surface area contributed by atoms with Gasteiger partial charge in [-0.05, 0) is 36.8 Å². The third-order valence-electron chi connectivity index (χ3n) is 2.61. The summed E-state index contributed by atoms with van der Waals surface area (Å²) in [6.45, 7) is 1.54. The summed E-state index contributed by atoms with van der Waals surface area (Å²) in [5.74, 6) is -3.11. The van der Waals surface area contributed by atoms with E-state index in [1.54, 1.807) is 6.07 Å². The van der Waals surface area contributed by atoms with Crippen molar-refractivity contribution in [3.63, 3.8) is 0 Å². The molecule has 0 atom stereocenters. The van der Waals surface area contributed by atoms with Gasteiger partial charge in [-0.25, -0.2) is 13.2 Å². The molecule has 0 radical (unpaired) electrons. The van der Waals surface area contributed by atoms with E-state index in [1.165, 1.54) is 19.1 Å². The van der Waals surface area contributed by atoms with Crippen LogP contribution in [0.1, 0.15) is 15.9 Å². The highest BCUT2D eigenvalue weighted by Crippen LogP contribution is 2.19. The molecule has 19 heavy (non-hydrogen) atoms. The average molecular weight is 265 g/mol. The fourth-order valence-electron chi connectivity index (χ4n) is 1.61. The molecule has 2 aromatic rings. The molecule has 98 valence electrons. The lowest BCUT2D eigenvalue weighted by Gasteiger charge is -2.08. The lowest BCUT2D eigenvalue weighted by molar-refractivity contribution is 0.102. The number of rotatable bonds is 2. The molecule has 1 amide bonds. The van der Waals surface area contributed by atoms with Crippen molar-refractivity contribution in [1.82, 2.24) is 0 Å². The van der Waals surface area contributed by atoms with Crippen LogP contribution in [0.25, 0.3) is 0 Å². The van der Waals surface area contributed by atoms with Crippen LogP contribution < -0.4 is 5.32 Å². The van der Waals surface area contributed by atoms with Gasteiger partial charge in [-0.3, -0.25) is 4.79 Å². The first kappa shape index (κ1) is 13.1. The highest BCUT2D eigenvalue weighted by atomic mass is 19.1. The van der Waals surface area contributed by atoms with Gasteiger partial charge in [-0.2, -0.15) is 0 Å². The van der Waals surface area contributed by atoms with Crippen LogP contribution in [0.4, 0.5) is 18.9 Å². The second-order valence-electron chi connectivity index (χ2n) is 4.01. The van der Waals surface area contributed by atoms with Gasteiger partial charge in [0.1, 0.15) is 17.5 Å². The number of carbonyl (C=O) groups excluding carboxylic acids is 1. The van der Waals surface area contributed by atoms with Gasteiger partial charge in [0.25, 0.3) is 5.91 Å². The Hall–Kier alpha value is -2.30. The molecular weight excluding hydrogens is 255 g/mol. The Morgan fingerprint density at radius 1 is 1.11 bits per heavy atom. The zero-order valence-corrected chi connectivity index (χ0v) is 10.0. The maximum absolute atomic E-state index is 13.7. The highest BCUT2D eigenvalue weighted by Gasteiger charge is 2.15. The second-order valence-corrected chi connectivity index (χ2v) is 4.01. The van der Waals surface area contributed by atoms with Crippen molar-refractivity contribution in [2.75, 3.05) is 5.32 Å². The molecule has 0 heterocycles. The average Bonchev–Trinajstić information content (AvgIpc) is 2.38. The molecule has 0 aliphatic carbocycles. The summed E-state index contributed by atoms with van der Waals surface area (Å²) in [5, 5.41) is 2.21. The minimum absolute atomic E-state index is 0.0753. The summed E-state index contributed by atoms with van der Waals surface area (Å²) >= 11 is 0. The van der Waals surface area contributed by atoms with E-state index < -0.39 is 28.9 Å². The fourth-order valence-corrected chi connectivity index (χ4v) is 1.61. The van der Waals surface area contributed by atoms with E-state index in [-0.39, 0.29) is 5.69 Å². The number of nitrogens with one attached hydrogen (secondary N) is 1. The molecule has 2 rings (SSSR count). The van der Waals surface area contributed by atoms with Crippen molar-refractivity contribution in [3.05, 3.63) is 65.0 Å². The van der Waals surface area contributed by atoms with Gasteiger partial charge in [0, 0.05) is 0 Å². The van der Waals surface area contributed by atoms with Crippen molar-refractivity contribution >= 4 is 11.6 Å². The van der Waals surface area contributed by atoms with Gasteiger partial charge >= 0.3 is 0 Å². The summed E-state index contributed by atoms with van der Waals surface area (Å²) in [5.41, 5.74) is -0.202. The van der Waals surface area contributed by atoms with Crippen molar-refractivity contribution in [2.24, 2.45) is 0 Å². The molecule has 0 aliphatic heterocycles. The fraction of sp³-hybridized carbons (Fsp3) is 0.0714. The molecule has 0 aliphatic rings. The van der Waals surface area contributed by atoms with E-state index in [1.807, 2.05) is 0 Å². The standard InChI is InChI=1S/C14H10F3NO/c1-8-3-2-4-12(13(8)17)18-14(19)10-7-9(15)5-6-11(10)16/h2-7H,1H3,(H,18,19). The van der Waals surface area contributed by atoms with Crippen LogP contribution in [0, 0.1) is 24.4 Å². The van der Waals surface area contributed by atoms with E-state index in [0.717, 1.165) is 18.2 Å². The lowest BCUT2D eigenvalue weighted by Crippen LogP contribution is -2.15. The third-order valence-corrected chi connectivity index (χ3v) is 2.61. The molecule has 0 fully saturated rings. The number of amides is 1. The van der Waals surface area contributed by atoms with E-state index in [9.17, 15) is 18.0 Å². The van der Waals surface area contributed by atoms with Crippen molar-refractivity contribution in [2.45, 2.75) is 6.92 Å². The molecule has 2 aromatic carbocycles. The molecule has 1 N–H and O–H groups in total. The van der Waals surface area contributed by atoms with Crippen LogP contribution in [0.2, 0.25) is 0 Å². The Labute approximate surface area is 107 Å². The molecule has 5 heteroatoms. The zero-order valence-electron chi connectivity index (χ0n) is 10.0. The van der Waals surface area contributed by atoms with E-state index in [2.05, 4.69) is 5.32 Å². The molecule has 0 bridgehead atoms. The summed E-state index contributed by atoms with van der Waals surface area (Å²) in [6, 6.07) is 6.94. The first-order valence-electron chi connectivity index (χ1n) is 5.50. The quantitative estimate of drug-likeness (QED) is 0.882. The SMILES string of the molecule is Cc1cccc(NC(=O)c2cc(F)ccc2F)c1F. The minimum Gasteiger partial charge on any atom is -0.319 e. The summed E-state index contributed by atoms with van der Waals surface area (Å²) in [6.07, 6.45) is 0. The van der Waals surface area contributed by atoms with Crippen LogP contribution in [0.5, 0.6) is 0 Å². The first-order valence-corrected chi connectivity index (χ1v) is 5.50. The Bertz CT molecular complexity index is 641. The first-order chi connectivity index (χ1) is 8.99. The predicted octanol–water partition coefficient (Wildman–Crippen LogP) is 3.66. The Morgan fingerprint density at radius 2 is 1.84 bits per heavy atom. The van der Waals surface area contributed by atoms with Crippen molar-refractivity contribution < 1.29 is 18.0 Å². The number of hydrogen-bond acceptors (Lipinski definition) is 1. The summed E-state index contributed by atoms with van der Waals surface area (Å²) in [4.78, 5) is 11.8.